The Morgan fingerprint density at radius 1 is 1.29 bits per heavy atom. The first-order valence-electron chi connectivity index (χ1n) is 8.61. The first kappa shape index (κ1) is 21.3. The molecule has 1 heterocycles. The van der Waals surface area contributed by atoms with Crippen LogP contribution in [0.5, 0.6) is 0 Å². The molecule has 8 nitrogen and oxygen atoms in total. The van der Waals surface area contributed by atoms with E-state index >= 15 is 0 Å². The number of benzene rings is 1. The molecule has 0 aromatic heterocycles. The van der Waals surface area contributed by atoms with Gasteiger partial charge in [0.2, 0.25) is 0 Å². The number of carbonyl (C=O) groups excluding carboxylic acids is 4. The van der Waals surface area contributed by atoms with Gasteiger partial charge >= 0.3 is 12.0 Å². The molecule has 2 N–H and O–H groups in total. The van der Waals surface area contributed by atoms with Crippen LogP contribution in [0.25, 0.3) is 0 Å². The number of halogens is 2. The van der Waals surface area contributed by atoms with Crippen LogP contribution < -0.4 is 10.6 Å². The average Bonchev–Trinajstić information content (AvgIpc) is 2.79. The SMILES string of the molecule is C[C@@H](OC(=O)CCCN1C(=O)NC(C)(C)C1=O)C(=O)Nc1cc(F)ccc1F. The van der Waals surface area contributed by atoms with Crippen molar-refractivity contribution >= 4 is 29.5 Å². The number of nitrogens with one attached hydrogen (secondary N) is 2. The number of urea groups is 1. The van der Waals surface area contributed by atoms with Gasteiger partial charge in [-0.2, -0.15) is 0 Å². The minimum absolute atomic E-state index is 0.0261. The molecule has 152 valence electrons. The Kier molecular flexibility index (Phi) is 6.32. The van der Waals surface area contributed by atoms with E-state index in [9.17, 15) is 28.0 Å². The molecule has 0 unspecified atom stereocenters. The number of carbonyl (C=O) groups is 4. The third-order valence-corrected chi connectivity index (χ3v) is 4.07. The Labute approximate surface area is 160 Å². The average molecular weight is 397 g/mol. The summed E-state index contributed by atoms with van der Waals surface area (Å²) in [5.74, 6) is -3.51. The van der Waals surface area contributed by atoms with Gasteiger partial charge < -0.3 is 15.4 Å². The van der Waals surface area contributed by atoms with Crippen LogP contribution in [-0.2, 0) is 19.1 Å². The molecule has 0 bridgehead atoms. The monoisotopic (exact) mass is 397 g/mol. The maximum atomic E-state index is 13.5. The van der Waals surface area contributed by atoms with E-state index in [1.165, 1.54) is 6.92 Å². The van der Waals surface area contributed by atoms with Gasteiger partial charge in [0.15, 0.2) is 6.10 Å². The van der Waals surface area contributed by atoms with Crippen LogP contribution in [0.15, 0.2) is 18.2 Å². The van der Waals surface area contributed by atoms with Gasteiger partial charge in [0.1, 0.15) is 17.2 Å². The molecule has 1 aromatic carbocycles. The Hall–Kier alpha value is -3.04. The van der Waals surface area contributed by atoms with E-state index in [4.69, 9.17) is 4.74 Å². The molecule has 28 heavy (non-hydrogen) atoms. The number of imide groups is 1. The lowest BCUT2D eigenvalue weighted by molar-refractivity contribution is -0.153. The second kappa shape index (κ2) is 8.32. The molecule has 1 aliphatic rings. The highest BCUT2D eigenvalue weighted by atomic mass is 19.1. The van der Waals surface area contributed by atoms with Crippen molar-refractivity contribution in [2.45, 2.75) is 45.3 Å². The summed E-state index contributed by atoms with van der Waals surface area (Å²) in [6.45, 7) is 4.45. The number of anilines is 1. The minimum Gasteiger partial charge on any atom is -0.453 e. The van der Waals surface area contributed by atoms with Crippen LogP contribution in [-0.4, -0.2) is 46.9 Å². The molecule has 1 aliphatic heterocycles. The van der Waals surface area contributed by atoms with Crippen molar-refractivity contribution in [3.8, 4) is 0 Å². The maximum Gasteiger partial charge on any atom is 0.325 e. The van der Waals surface area contributed by atoms with E-state index in [0.29, 0.717) is 0 Å². The number of amides is 4. The van der Waals surface area contributed by atoms with Crippen LogP contribution in [0.3, 0.4) is 0 Å². The summed E-state index contributed by atoms with van der Waals surface area (Å²) in [6, 6.07) is 2.04. The molecule has 1 saturated heterocycles. The third kappa shape index (κ3) is 5.02. The molecular weight excluding hydrogens is 376 g/mol. The normalized spacial score (nSPS) is 16.5. The van der Waals surface area contributed by atoms with Gasteiger partial charge in [0.05, 0.1) is 5.69 Å². The van der Waals surface area contributed by atoms with Crippen molar-refractivity contribution in [3.05, 3.63) is 29.8 Å². The van der Waals surface area contributed by atoms with Gasteiger partial charge in [-0.05, 0) is 39.3 Å². The first-order valence-corrected chi connectivity index (χ1v) is 8.61. The van der Waals surface area contributed by atoms with Gasteiger partial charge in [-0.25, -0.2) is 13.6 Å². The lowest BCUT2D eigenvalue weighted by Gasteiger charge is -2.16. The highest BCUT2D eigenvalue weighted by molar-refractivity contribution is 6.06. The molecule has 0 spiro atoms. The van der Waals surface area contributed by atoms with E-state index in [1.807, 2.05) is 0 Å². The van der Waals surface area contributed by atoms with Gasteiger partial charge in [-0.3, -0.25) is 19.3 Å². The summed E-state index contributed by atoms with van der Waals surface area (Å²) in [4.78, 5) is 48.6. The largest absolute Gasteiger partial charge is 0.453 e. The van der Waals surface area contributed by atoms with Crippen molar-refractivity contribution in [2.75, 3.05) is 11.9 Å². The van der Waals surface area contributed by atoms with E-state index in [-0.39, 0.29) is 25.1 Å². The minimum atomic E-state index is -1.24. The van der Waals surface area contributed by atoms with Crippen LogP contribution in [0.2, 0.25) is 0 Å². The fourth-order valence-corrected chi connectivity index (χ4v) is 2.54. The zero-order valence-electron chi connectivity index (χ0n) is 15.7. The van der Waals surface area contributed by atoms with E-state index < -0.39 is 47.1 Å². The topological polar surface area (TPSA) is 105 Å². The molecule has 1 fully saturated rings. The Morgan fingerprint density at radius 2 is 1.96 bits per heavy atom. The second-order valence-electron chi connectivity index (χ2n) is 6.86. The van der Waals surface area contributed by atoms with Crippen molar-refractivity contribution in [1.29, 1.82) is 0 Å². The predicted molar refractivity (Wildman–Crippen MR) is 94.1 cm³/mol. The lowest BCUT2D eigenvalue weighted by Crippen LogP contribution is -2.40. The van der Waals surface area contributed by atoms with Crippen molar-refractivity contribution in [1.82, 2.24) is 10.2 Å². The first-order chi connectivity index (χ1) is 13.0. The molecular formula is C18H21F2N3O5. The molecule has 1 aromatic rings. The van der Waals surface area contributed by atoms with Crippen LogP contribution in [0.1, 0.15) is 33.6 Å². The van der Waals surface area contributed by atoms with Crippen LogP contribution >= 0.6 is 0 Å². The fourth-order valence-electron chi connectivity index (χ4n) is 2.54. The number of rotatable bonds is 7. The lowest BCUT2D eigenvalue weighted by atomic mass is 10.1. The molecule has 0 aliphatic carbocycles. The highest BCUT2D eigenvalue weighted by Gasteiger charge is 2.43. The quantitative estimate of drug-likeness (QED) is 0.541. The smallest absolute Gasteiger partial charge is 0.325 e. The number of nitrogens with zero attached hydrogens (tertiary/aromatic N) is 1. The summed E-state index contributed by atoms with van der Waals surface area (Å²) in [5.41, 5.74) is -1.36. The second-order valence-corrected chi connectivity index (χ2v) is 6.86. The van der Waals surface area contributed by atoms with Gasteiger partial charge in [-0.15, -0.1) is 0 Å². The summed E-state index contributed by atoms with van der Waals surface area (Å²) in [7, 11) is 0. The number of esters is 1. The number of hydrogen-bond acceptors (Lipinski definition) is 5. The van der Waals surface area contributed by atoms with E-state index in [0.717, 1.165) is 23.1 Å². The number of ether oxygens (including phenoxy) is 1. The van der Waals surface area contributed by atoms with E-state index in [1.54, 1.807) is 13.8 Å². The fraction of sp³-hybridized carbons (Fsp3) is 0.444. The Balaban J connectivity index is 1.79. The third-order valence-electron chi connectivity index (χ3n) is 4.07. The zero-order valence-corrected chi connectivity index (χ0v) is 15.7. The number of hydrogen-bond donors (Lipinski definition) is 2. The Morgan fingerprint density at radius 3 is 2.57 bits per heavy atom. The summed E-state index contributed by atoms with van der Waals surface area (Å²) in [5, 5.41) is 4.66. The highest BCUT2D eigenvalue weighted by Crippen LogP contribution is 2.18. The summed E-state index contributed by atoms with van der Waals surface area (Å²) < 4.78 is 31.6. The van der Waals surface area contributed by atoms with Crippen LogP contribution in [0.4, 0.5) is 19.3 Å². The molecule has 4 amide bonds. The maximum absolute atomic E-state index is 13.5. The summed E-state index contributed by atoms with van der Waals surface area (Å²) >= 11 is 0. The van der Waals surface area contributed by atoms with E-state index in [2.05, 4.69) is 10.6 Å². The van der Waals surface area contributed by atoms with Gasteiger partial charge in [-0.1, -0.05) is 0 Å². The van der Waals surface area contributed by atoms with Crippen molar-refractivity contribution < 1.29 is 32.7 Å². The van der Waals surface area contributed by atoms with Gasteiger partial charge in [0, 0.05) is 19.0 Å². The molecule has 0 saturated carbocycles. The standard InChI is InChI=1S/C18H21F2N3O5/c1-10(15(25)21-13-9-11(19)6-7-12(13)20)28-14(24)5-4-8-23-16(26)18(2,3)22-17(23)27/h6-7,9-10H,4-5,8H2,1-3H3,(H,21,25)(H,22,27)/t10-/m1/s1. The Bertz CT molecular complexity index is 812. The van der Waals surface area contributed by atoms with Crippen LogP contribution in [0, 0.1) is 11.6 Å². The molecule has 2 rings (SSSR count). The molecule has 1 atom stereocenters. The van der Waals surface area contributed by atoms with Crippen molar-refractivity contribution in [3.63, 3.8) is 0 Å². The summed E-state index contributed by atoms with van der Waals surface area (Å²) in [6.07, 6.45) is -1.23. The predicted octanol–water partition coefficient (Wildman–Crippen LogP) is 1.95. The van der Waals surface area contributed by atoms with Gasteiger partial charge in [0.25, 0.3) is 11.8 Å². The zero-order chi connectivity index (χ0) is 21.1. The molecule has 10 heteroatoms. The van der Waals surface area contributed by atoms with Crippen molar-refractivity contribution in [2.24, 2.45) is 0 Å². The molecule has 0 radical (unpaired) electrons.